The molecular formula is C13H23N3O2S. The zero-order chi connectivity index (χ0) is 13.9. The number of aromatic nitrogens is 2. The van der Waals surface area contributed by atoms with Crippen LogP contribution in [0.3, 0.4) is 0 Å². The molecule has 1 aromatic rings. The van der Waals surface area contributed by atoms with Gasteiger partial charge in [-0.1, -0.05) is 6.92 Å². The fraction of sp³-hybridized carbons (Fsp3) is 0.769. The largest absolute Gasteiger partial charge is 0.332 e. The minimum Gasteiger partial charge on any atom is -0.332 e. The summed E-state index contributed by atoms with van der Waals surface area (Å²) in [5.41, 5.74) is 1.11. The number of rotatable bonds is 5. The zero-order valence-corrected chi connectivity index (χ0v) is 12.5. The number of hydrogen-bond donors (Lipinski definition) is 1. The number of nitrogens with zero attached hydrogens (tertiary/aromatic N) is 2. The Kier molecular flexibility index (Phi) is 4.62. The maximum atomic E-state index is 11.6. The summed E-state index contributed by atoms with van der Waals surface area (Å²) in [5, 5.41) is 3.56. The monoisotopic (exact) mass is 285 g/mol. The molecule has 6 heteroatoms. The Morgan fingerprint density at radius 3 is 2.95 bits per heavy atom. The summed E-state index contributed by atoms with van der Waals surface area (Å²) in [5.74, 6) is 0.394. The summed E-state index contributed by atoms with van der Waals surface area (Å²) < 4.78 is 25.1. The first-order valence-corrected chi connectivity index (χ1v) is 8.80. The van der Waals surface area contributed by atoms with E-state index in [1.54, 1.807) is 13.3 Å². The molecule has 0 amide bonds. The van der Waals surface area contributed by atoms with Crippen LogP contribution in [0.2, 0.25) is 0 Å². The van der Waals surface area contributed by atoms with E-state index in [-0.39, 0.29) is 11.5 Å². The molecule has 1 aromatic heterocycles. The molecule has 0 spiro atoms. The minimum atomic E-state index is -2.92. The van der Waals surface area contributed by atoms with E-state index >= 15 is 0 Å². The standard InChI is InChI=1S/C13H23N3O2S/c1-3-19(17,18)8-7-16-10-14-9-13(16)12-6-4-5-11(2)15-12/h9-12,15H,3-8H2,1-2H3. The van der Waals surface area contributed by atoms with Gasteiger partial charge in [-0.3, -0.25) is 0 Å². The van der Waals surface area contributed by atoms with Gasteiger partial charge in [-0.25, -0.2) is 13.4 Å². The molecule has 0 saturated carbocycles. The van der Waals surface area contributed by atoms with Gasteiger partial charge in [0.25, 0.3) is 0 Å². The third-order valence-electron chi connectivity index (χ3n) is 3.80. The Labute approximate surface area is 115 Å². The second kappa shape index (κ2) is 6.05. The van der Waals surface area contributed by atoms with Crippen LogP contribution in [-0.2, 0) is 16.4 Å². The van der Waals surface area contributed by atoms with E-state index in [1.807, 2.05) is 10.8 Å². The molecule has 1 fully saturated rings. The molecular weight excluding hydrogens is 262 g/mol. The van der Waals surface area contributed by atoms with E-state index in [9.17, 15) is 8.42 Å². The first-order chi connectivity index (χ1) is 9.02. The van der Waals surface area contributed by atoms with Gasteiger partial charge in [0.1, 0.15) is 0 Å². The van der Waals surface area contributed by atoms with Crippen LogP contribution in [0.4, 0.5) is 0 Å². The highest BCUT2D eigenvalue weighted by Crippen LogP contribution is 2.25. The predicted octanol–water partition coefficient (Wildman–Crippen LogP) is 1.52. The van der Waals surface area contributed by atoms with E-state index < -0.39 is 9.84 Å². The van der Waals surface area contributed by atoms with E-state index in [2.05, 4.69) is 17.2 Å². The van der Waals surface area contributed by atoms with Crippen LogP contribution in [0.15, 0.2) is 12.5 Å². The van der Waals surface area contributed by atoms with Crippen molar-refractivity contribution in [2.75, 3.05) is 11.5 Å². The van der Waals surface area contributed by atoms with E-state index in [0.29, 0.717) is 18.6 Å². The third kappa shape index (κ3) is 3.79. The lowest BCUT2D eigenvalue weighted by atomic mass is 9.98. The number of aryl methyl sites for hydroxylation is 1. The molecule has 0 radical (unpaired) electrons. The maximum Gasteiger partial charge on any atom is 0.151 e. The summed E-state index contributed by atoms with van der Waals surface area (Å²) in [6, 6.07) is 0.817. The molecule has 1 aliphatic rings. The Hall–Kier alpha value is -0.880. The molecule has 2 rings (SSSR count). The van der Waals surface area contributed by atoms with Gasteiger partial charge < -0.3 is 9.88 Å². The summed E-state index contributed by atoms with van der Waals surface area (Å²) >= 11 is 0. The normalized spacial score (nSPS) is 24.5. The van der Waals surface area contributed by atoms with E-state index in [4.69, 9.17) is 0 Å². The molecule has 19 heavy (non-hydrogen) atoms. The number of nitrogens with one attached hydrogen (secondary N) is 1. The number of sulfone groups is 1. The molecule has 0 aromatic carbocycles. The third-order valence-corrected chi connectivity index (χ3v) is 5.48. The quantitative estimate of drug-likeness (QED) is 0.891. The van der Waals surface area contributed by atoms with E-state index in [0.717, 1.165) is 12.1 Å². The van der Waals surface area contributed by atoms with Gasteiger partial charge in [0.15, 0.2) is 9.84 Å². The van der Waals surface area contributed by atoms with Gasteiger partial charge in [-0.05, 0) is 26.2 Å². The van der Waals surface area contributed by atoms with Crippen LogP contribution >= 0.6 is 0 Å². The summed E-state index contributed by atoms with van der Waals surface area (Å²) in [4.78, 5) is 4.18. The van der Waals surface area contributed by atoms with Crippen molar-refractivity contribution in [2.24, 2.45) is 0 Å². The van der Waals surface area contributed by atoms with Crippen LogP contribution in [-0.4, -0.2) is 35.5 Å². The highest BCUT2D eigenvalue weighted by molar-refractivity contribution is 7.91. The van der Waals surface area contributed by atoms with Gasteiger partial charge in [-0.2, -0.15) is 0 Å². The van der Waals surface area contributed by atoms with Gasteiger partial charge in [0.2, 0.25) is 0 Å². The highest BCUT2D eigenvalue weighted by Gasteiger charge is 2.22. The molecule has 1 aliphatic heterocycles. The maximum absolute atomic E-state index is 11.6. The topological polar surface area (TPSA) is 64.0 Å². The Balaban J connectivity index is 2.05. The van der Waals surface area contributed by atoms with Crippen molar-refractivity contribution in [2.45, 2.75) is 51.7 Å². The molecule has 0 aliphatic carbocycles. The Bertz CT molecular complexity index is 510. The molecule has 1 saturated heterocycles. The Morgan fingerprint density at radius 1 is 1.47 bits per heavy atom. The molecule has 0 bridgehead atoms. The molecule has 2 heterocycles. The van der Waals surface area contributed by atoms with Crippen LogP contribution in [0, 0.1) is 0 Å². The van der Waals surface area contributed by atoms with Crippen molar-refractivity contribution in [1.29, 1.82) is 0 Å². The second-order valence-corrected chi connectivity index (χ2v) is 7.77. The molecule has 108 valence electrons. The fourth-order valence-corrected chi connectivity index (χ4v) is 3.32. The van der Waals surface area contributed by atoms with Gasteiger partial charge in [-0.15, -0.1) is 0 Å². The first kappa shape index (κ1) is 14.5. The predicted molar refractivity (Wildman–Crippen MR) is 75.7 cm³/mol. The van der Waals surface area contributed by atoms with Crippen molar-refractivity contribution in [3.05, 3.63) is 18.2 Å². The van der Waals surface area contributed by atoms with Crippen molar-refractivity contribution in [1.82, 2.24) is 14.9 Å². The van der Waals surface area contributed by atoms with Crippen molar-refractivity contribution < 1.29 is 8.42 Å². The lowest BCUT2D eigenvalue weighted by molar-refractivity contribution is 0.330. The smallest absolute Gasteiger partial charge is 0.151 e. The summed E-state index contributed by atoms with van der Waals surface area (Å²) in [6.45, 7) is 4.38. The Morgan fingerprint density at radius 2 is 2.26 bits per heavy atom. The number of piperidine rings is 1. The number of imidazole rings is 1. The van der Waals surface area contributed by atoms with Crippen LogP contribution in [0.25, 0.3) is 0 Å². The molecule has 1 N–H and O–H groups in total. The molecule has 2 unspecified atom stereocenters. The highest BCUT2D eigenvalue weighted by atomic mass is 32.2. The minimum absolute atomic E-state index is 0.190. The second-order valence-electron chi connectivity index (χ2n) is 5.30. The fourth-order valence-electron chi connectivity index (χ4n) is 2.56. The van der Waals surface area contributed by atoms with Crippen molar-refractivity contribution in [3.8, 4) is 0 Å². The summed E-state index contributed by atoms with van der Waals surface area (Å²) in [6.07, 6.45) is 7.10. The number of hydrogen-bond acceptors (Lipinski definition) is 4. The van der Waals surface area contributed by atoms with Crippen LogP contribution < -0.4 is 5.32 Å². The van der Waals surface area contributed by atoms with Gasteiger partial charge in [0.05, 0.1) is 17.8 Å². The van der Waals surface area contributed by atoms with Crippen LogP contribution in [0.1, 0.15) is 44.8 Å². The van der Waals surface area contributed by atoms with Gasteiger partial charge >= 0.3 is 0 Å². The first-order valence-electron chi connectivity index (χ1n) is 6.98. The SMILES string of the molecule is CCS(=O)(=O)CCn1cncc1C1CCCC(C)N1. The average Bonchev–Trinajstić information content (AvgIpc) is 2.85. The molecule has 5 nitrogen and oxygen atoms in total. The lowest BCUT2D eigenvalue weighted by Gasteiger charge is -2.29. The van der Waals surface area contributed by atoms with Crippen LogP contribution in [0.5, 0.6) is 0 Å². The summed E-state index contributed by atoms with van der Waals surface area (Å²) in [7, 11) is -2.92. The van der Waals surface area contributed by atoms with Crippen molar-refractivity contribution >= 4 is 9.84 Å². The molecule has 2 atom stereocenters. The average molecular weight is 285 g/mol. The van der Waals surface area contributed by atoms with Crippen molar-refractivity contribution in [3.63, 3.8) is 0 Å². The van der Waals surface area contributed by atoms with Gasteiger partial charge in [0, 0.05) is 30.6 Å². The zero-order valence-electron chi connectivity index (χ0n) is 11.7. The van der Waals surface area contributed by atoms with E-state index in [1.165, 1.54) is 12.8 Å². The lowest BCUT2D eigenvalue weighted by Crippen LogP contribution is -2.35.